The predicted octanol–water partition coefficient (Wildman–Crippen LogP) is 16.8. The van der Waals surface area contributed by atoms with Crippen molar-refractivity contribution in [2.45, 2.75) is 31.7 Å². The lowest BCUT2D eigenvalue weighted by Crippen LogP contribution is -2.28. The molecule has 13 rings (SSSR count). The molecular formula is C64H51N5. The second-order valence-electron chi connectivity index (χ2n) is 17.6. The zero-order chi connectivity index (χ0) is 46.8. The molecule has 10 aromatic rings. The minimum atomic E-state index is 0.193. The largest absolute Gasteiger partial charge is 0.333 e. The van der Waals surface area contributed by atoms with Gasteiger partial charge < -0.3 is 9.47 Å². The first-order valence-electron chi connectivity index (χ1n) is 23.7. The van der Waals surface area contributed by atoms with Crippen molar-refractivity contribution in [2.75, 3.05) is 4.90 Å². The minimum absolute atomic E-state index is 0.193. The van der Waals surface area contributed by atoms with Crippen LogP contribution in [0.1, 0.15) is 37.1 Å². The molecule has 2 unspecified atom stereocenters. The summed E-state index contributed by atoms with van der Waals surface area (Å²) in [5.41, 5.74) is 10.3. The molecule has 3 aliphatic rings. The van der Waals surface area contributed by atoms with Crippen LogP contribution < -0.4 is 4.90 Å². The molecule has 2 atom stereocenters. The SMILES string of the molecule is C1=CC2c3cc4c5cc6ccccc6cc5n(-c5ccc6cc(-c7nc(C8=CCCC=C8)nc(-c8ccccc8)n7)ccc6c5)c4cc3N(c3ccc4ccccc4c3)C2C=C1.C=CC.C=CC=C. The first-order valence-corrected chi connectivity index (χ1v) is 23.7. The van der Waals surface area contributed by atoms with E-state index in [1.54, 1.807) is 18.2 Å². The monoisotopic (exact) mass is 889 g/mol. The molecule has 0 fully saturated rings. The quantitative estimate of drug-likeness (QED) is 0.123. The molecule has 5 nitrogen and oxygen atoms in total. The fourth-order valence-electron chi connectivity index (χ4n) is 10.1. The van der Waals surface area contributed by atoms with Crippen LogP contribution in [0.4, 0.5) is 11.4 Å². The summed E-state index contributed by atoms with van der Waals surface area (Å²) >= 11 is 0. The zero-order valence-corrected chi connectivity index (χ0v) is 38.7. The van der Waals surface area contributed by atoms with Crippen molar-refractivity contribution in [3.8, 4) is 28.5 Å². The zero-order valence-electron chi connectivity index (χ0n) is 38.7. The van der Waals surface area contributed by atoms with Crippen LogP contribution in [0.15, 0.2) is 238 Å². The molecule has 8 aromatic carbocycles. The van der Waals surface area contributed by atoms with Gasteiger partial charge in [0.2, 0.25) is 0 Å². The second kappa shape index (κ2) is 18.5. The molecule has 0 radical (unpaired) electrons. The summed E-state index contributed by atoms with van der Waals surface area (Å²) in [6.45, 7) is 12.0. The third-order valence-electron chi connectivity index (χ3n) is 13.2. The second-order valence-corrected chi connectivity index (χ2v) is 17.6. The Kier molecular flexibility index (Phi) is 11.5. The van der Waals surface area contributed by atoms with E-state index in [0.29, 0.717) is 17.5 Å². The van der Waals surface area contributed by atoms with Crippen molar-refractivity contribution in [3.05, 3.63) is 250 Å². The highest BCUT2D eigenvalue weighted by Gasteiger charge is 2.38. The maximum Gasteiger partial charge on any atom is 0.164 e. The highest BCUT2D eigenvalue weighted by Crippen LogP contribution is 2.51. The molecule has 332 valence electrons. The highest BCUT2D eigenvalue weighted by atomic mass is 15.2. The molecule has 2 aromatic heterocycles. The number of anilines is 2. The summed E-state index contributed by atoms with van der Waals surface area (Å²) in [6, 6.07) is 57.8. The van der Waals surface area contributed by atoms with Crippen LogP contribution in [-0.2, 0) is 0 Å². The topological polar surface area (TPSA) is 46.8 Å². The lowest BCUT2D eigenvalue weighted by Gasteiger charge is -2.29. The Morgan fingerprint density at radius 2 is 1.10 bits per heavy atom. The van der Waals surface area contributed by atoms with Crippen molar-refractivity contribution >= 4 is 71.1 Å². The standard InChI is InChI=1S/C57H39N5.C4H6.C3H6/c1-3-14-37(15-4-1)55-58-56(38-16-5-2-6-17-38)60-57(59-55)44-24-23-43-31-46(28-26-42(43)29-44)62-52-33-41-20-10-9-19-40(41)32-48(52)50-34-49-47-21-11-12-22-51(47)61(53(49)35-54(50)62)45-27-25-36-13-7-8-18-39(36)30-45;1-3-4-2;1-3-2/h1,3-5,7-35,47,51H,2,6H2;3-4H,1-2H2;3H,1H2,2H3. The van der Waals surface area contributed by atoms with Crippen molar-refractivity contribution in [1.82, 2.24) is 19.5 Å². The van der Waals surface area contributed by atoms with E-state index in [9.17, 15) is 0 Å². The van der Waals surface area contributed by atoms with E-state index >= 15 is 0 Å². The first kappa shape index (κ1) is 42.9. The lowest BCUT2D eigenvalue weighted by molar-refractivity contribution is 0.745. The Balaban J connectivity index is 0.000000701. The number of nitrogens with zero attached hydrogens (tertiary/aromatic N) is 5. The first-order chi connectivity index (χ1) is 34.0. The Hall–Kier alpha value is -8.67. The van der Waals surface area contributed by atoms with Gasteiger partial charge in [0.05, 0.1) is 17.1 Å². The Morgan fingerprint density at radius 1 is 0.522 bits per heavy atom. The number of aromatic nitrogens is 4. The number of rotatable bonds is 6. The molecule has 0 saturated heterocycles. The predicted molar refractivity (Wildman–Crippen MR) is 294 cm³/mol. The van der Waals surface area contributed by atoms with Gasteiger partial charge in [-0.05, 0) is 112 Å². The summed E-state index contributed by atoms with van der Waals surface area (Å²) in [5.74, 6) is 2.30. The average molecular weight is 890 g/mol. The molecule has 0 N–H and O–H groups in total. The van der Waals surface area contributed by atoms with Gasteiger partial charge >= 0.3 is 0 Å². The smallest absolute Gasteiger partial charge is 0.164 e. The van der Waals surface area contributed by atoms with Gasteiger partial charge in [0.1, 0.15) is 0 Å². The maximum absolute atomic E-state index is 5.05. The van der Waals surface area contributed by atoms with E-state index in [0.717, 1.165) is 46.0 Å². The molecule has 3 heterocycles. The van der Waals surface area contributed by atoms with Gasteiger partial charge in [-0.25, -0.2) is 15.0 Å². The van der Waals surface area contributed by atoms with E-state index in [2.05, 4.69) is 211 Å². The van der Waals surface area contributed by atoms with E-state index < -0.39 is 0 Å². The van der Waals surface area contributed by atoms with Crippen LogP contribution in [0.5, 0.6) is 0 Å². The average Bonchev–Trinajstić information content (AvgIpc) is 3.90. The number of benzene rings is 8. The number of allylic oxidation sites excluding steroid dienone is 9. The number of hydrogen-bond donors (Lipinski definition) is 0. The van der Waals surface area contributed by atoms with Gasteiger partial charge in [-0.1, -0.05) is 177 Å². The van der Waals surface area contributed by atoms with Gasteiger partial charge in [-0.2, -0.15) is 0 Å². The van der Waals surface area contributed by atoms with Crippen LogP contribution in [-0.4, -0.2) is 25.6 Å². The third-order valence-corrected chi connectivity index (χ3v) is 13.2. The summed E-state index contributed by atoms with van der Waals surface area (Å²) in [6.07, 6.45) is 22.8. The number of fused-ring (bicyclic) bond motifs is 9. The molecule has 0 saturated carbocycles. The summed E-state index contributed by atoms with van der Waals surface area (Å²) in [4.78, 5) is 17.6. The normalized spacial score (nSPS) is 15.6. The summed E-state index contributed by atoms with van der Waals surface area (Å²) < 4.78 is 2.48. The van der Waals surface area contributed by atoms with Crippen LogP contribution in [0.25, 0.3) is 88.2 Å². The molecule has 0 spiro atoms. The molecule has 5 heteroatoms. The Labute approximate surface area is 403 Å². The fraction of sp³-hybridized carbons (Fsp3) is 0.0781. The van der Waals surface area contributed by atoms with Crippen LogP contribution >= 0.6 is 0 Å². The van der Waals surface area contributed by atoms with Crippen molar-refractivity contribution < 1.29 is 0 Å². The van der Waals surface area contributed by atoms with Crippen LogP contribution in [0.3, 0.4) is 0 Å². The molecule has 1 aliphatic heterocycles. The third kappa shape index (κ3) is 7.98. The molecular weight excluding hydrogens is 839 g/mol. The highest BCUT2D eigenvalue weighted by molar-refractivity contribution is 6.15. The van der Waals surface area contributed by atoms with Gasteiger partial charge in [-0.15, -0.1) is 6.58 Å². The van der Waals surface area contributed by atoms with Gasteiger partial charge in [-0.3, -0.25) is 0 Å². The molecule has 2 aliphatic carbocycles. The molecule has 0 bridgehead atoms. The van der Waals surface area contributed by atoms with Gasteiger partial charge in [0.25, 0.3) is 0 Å². The Bertz CT molecular complexity index is 3770. The fourth-order valence-corrected chi connectivity index (χ4v) is 10.1. The minimum Gasteiger partial charge on any atom is -0.333 e. The molecule has 0 amide bonds. The maximum atomic E-state index is 5.05. The van der Waals surface area contributed by atoms with Crippen molar-refractivity contribution in [1.29, 1.82) is 0 Å². The van der Waals surface area contributed by atoms with E-state index in [1.807, 2.05) is 25.1 Å². The van der Waals surface area contributed by atoms with E-state index in [4.69, 9.17) is 15.0 Å². The summed E-state index contributed by atoms with van der Waals surface area (Å²) in [5, 5.41) is 9.78. The van der Waals surface area contributed by atoms with Crippen molar-refractivity contribution in [2.24, 2.45) is 0 Å². The van der Waals surface area contributed by atoms with Crippen LogP contribution in [0.2, 0.25) is 0 Å². The molecule has 69 heavy (non-hydrogen) atoms. The lowest BCUT2D eigenvalue weighted by atomic mass is 9.90. The van der Waals surface area contributed by atoms with E-state index in [-0.39, 0.29) is 12.0 Å². The van der Waals surface area contributed by atoms with Gasteiger partial charge in [0, 0.05) is 50.5 Å². The summed E-state index contributed by atoms with van der Waals surface area (Å²) in [7, 11) is 0. The van der Waals surface area contributed by atoms with Gasteiger partial charge in [0.15, 0.2) is 17.5 Å². The van der Waals surface area contributed by atoms with Crippen molar-refractivity contribution in [3.63, 3.8) is 0 Å². The van der Waals surface area contributed by atoms with Crippen LogP contribution in [0, 0.1) is 0 Å². The number of hydrogen-bond acceptors (Lipinski definition) is 4. The van der Waals surface area contributed by atoms with E-state index in [1.165, 1.54) is 60.3 Å². The Morgan fingerprint density at radius 3 is 1.86 bits per heavy atom.